The number of amides is 1. The van der Waals surface area contributed by atoms with Gasteiger partial charge in [0.25, 0.3) is 0 Å². The summed E-state index contributed by atoms with van der Waals surface area (Å²) in [6, 6.07) is 9.51. The Labute approximate surface area is 133 Å². The summed E-state index contributed by atoms with van der Waals surface area (Å²) in [5.74, 6) is -0.445. The number of aromatic nitrogens is 1. The zero-order valence-corrected chi connectivity index (χ0v) is 13.7. The average Bonchev–Trinajstić information content (AvgIpc) is 3.18. The van der Waals surface area contributed by atoms with E-state index in [1.165, 1.54) is 6.92 Å². The van der Waals surface area contributed by atoms with Crippen LogP contribution < -0.4 is 5.32 Å². The zero-order chi connectivity index (χ0) is 15.7. The Kier molecular flexibility index (Phi) is 4.01. The lowest BCUT2D eigenvalue weighted by Crippen LogP contribution is -2.38. The molecule has 2 aromatic rings. The van der Waals surface area contributed by atoms with Crippen molar-refractivity contribution in [3.05, 3.63) is 35.7 Å². The smallest absolute Gasteiger partial charge is 0.238 e. The maximum Gasteiger partial charge on any atom is 0.238 e. The van der Waals surface area contributed by atoms with Crippen molar-refractivity contribution in [1.82, 2.24) is 10.3 Å². The molecule has 3 rings (SSSR count). The van der Waals surface area contributed by atoms with Crippen molar-refractivity contribution in [3.63, 3.8) is 0 Å². The van der Waals surface area contributed by atoms with Gasteiger partial charge in [-0.1, -0.05) is 30.3 Å². The first-order chi connectivity index (χ1) is 10.5. The molecule has 1 N–H and O–H groups in total. The molecular weight excluding hydrogens is 320 g/mol. The molecular formula is C15H16N2O3S2. The van der Waals surface area contributed by atoms with Gasteiger partial charge in [-0.3, -0.25) is 4.79 Å². The molecule has 1 aromatic heterocycles. The molecule has 1 heterocycles. The van der Waals surface area contributed by atoms with Gasteiger partial charge in [-0.15, -0.1) is 11.3 Å². The van der Waals surface area contributed by atoms with Gasteiger partial charge >= 0.3 is 0 Å². The second-order valence-electron chi connectivity index (χ2n) is 5.33. The van der Waals surface area contributed by atoms with E-state index in [2.05, 4.69) is 10.3 Å². The number of benzene rings is 1. The van der Waals surface area contributed by atoms with Crippen molar-refractivity contribution in [3.8, 4) is 11.3 Å². The molecule has 7 heteroatoms. The summed E-state index contributed by atoms with van der Waals surface area (Å²) >= 11 is 1.05. The third kappa shape index (κ3) is 3.05. The van der Waals surface area contributed by atoms with Crippen LogP contribution in [-0.2, 0) is 14.6 Å². The van der Waals surface area contributed by atoms with Crippen LogP contribution >= 0.6 is 11.3 Å². The number of carbonyl (C=O) groups excluding carboxylic acids is 1. The molecule has 1 amide bonds. The molecule has 0 saturated heterocycles. The van der Waals surface area contributed by atoms with E-state index in [-0.39, 0.29) is 10.4 Å². The standard InChI is InChI=1S/C15H16N2O3S2/c1-10(14(18)16-12-7-8-12)22(19,20)15-17-13(9-21-15)11-5-3-2-4-6-11/h2-6,9-10,12H,7-8H2,1H3,(H,16,18)/t10-/m1/s1. The van der Waals surface area contributed by atoms with Crippen LogP contribution in [0.3, 0.4) is 0 Å². The van der Waals surface area contributed by atoms with Gasteiger partial charge in [0.15, 0.2) is 0 Å². The Morgan fingerprint density at radius 2 is 2.00 bits per heavy atom. The van der Waals surface area contributed by atoms with E-state index in [9.17, 15) is 13.2 Å². The summed E-state index contributed by atoms with van der Waals surface area (Å²) in [6.07, 6.45) is 1.85. The van der Waals surface area contributed by atoms with E-state index in [0.717, 1.165) is 29.7 Å². The number of nitrogens with one attached hydrogen (secondary N) is 1. The third-order valence-electron chi connectivity index (χ3n) is 3.55. The molecule has 1 aromatic carbocycles. The van der Waals surface area contributed by atoms with Crippen molar-refractivity contribution < 1.29 is 13.2 Å². The van der Waals surface area contributed by atoms with E-state index in [1.807, 2.05) is 30.3 Å². The first kappa shape index (κ1) is 15.2. The van der Waals surface area contributed by atoms with Gasteiger partial charge in [-0.25, -0.2) is 13.4 Å². The van der Waals surface area contributed by atoms with Crippen LogP contribution in [0, 0.1) is 0 Å². The Hall–Kier alpha value is -1.73. The van der Waals surface area contributed by atoms with E-state index < -0.39 is 21.0 Å². The Morgan fingerprint density at radius 1 is 1.32 bits per heavy atom. The molecule has 22 heavy (non-hydrogen) atoms. The Balaban J connectivity index is 1.83. The van der Waals surface area contributed by atoms with Crippen LogP contribution in [0.25, 0.3) is 11.3 Å². The van der Waals surface area contributed by atoms with Crippen molar-refractivity contribution in [2.75, 3.05) is 0 Å². The van der Waals surface area contributed by atoms with E-state index in [1.54, 1.807) is 5.38 Å². The van der Waals surface area contributed by atoms with Crippen LogP contribution in [0.5, 0.6) is 0 Å². The SMILES string of the molecule is C[C@H](C(=O)NC1CC1)S(=O)(=O)c1nc(-c2ccccc2)cs1. The van der Waals surface area contributed by atoms with E-state index >= 15 is 0 Å². The molecule has 1 saturated carbocycles. The van der Waals surface area contributed by atoms with Crippen LogP contribution in [-0.4, -0.2) is 30.6 Å². The van der Waals surface area contributed by atoms with Gasteiger partial charge < -0.3 is 5.32 Å². The van der Waals surface area contributed by atoms with E-state index in [4.69, 9.17) is 0 Å². The van der Waals surface area contributed by atoms with Crippen molar-refractivity contribution in [1.29, 1.82) is 0 Å². The summed E-state index contributed by atoms with van der Waals surface area (Å²) in [5.41, 5.74) is 1.47. The first-order valence-corrected chi connectivity index (χ1v) is 9.46. The fraction of sp³-hybridized carbons (Fsp3) is 0.333. The molecule has 5 nitrogen and oxygen atoms in total. The molecule has 0 bridgehead atoms. The highest BCUT2D eigenvalue weighted by molar-refractivity contribution is 7.94. The molecule has 1 fully saturated rings. The normalized spacial score (nSPS) is 16.2. The molecule has 0 unspecified atom stereocenters. The topological polar surface area (TPSA) is 76.1 Å². The van der Waals surface area contributed by atoms with Gasteiger partial charge in [-0.05, 0) is 19.8 Å². The number of thiazole rings is 1. The lowest BCUT2D eigenvalue weighted by atomic mass is 10.2. The van der Waals surface area contributed by atoms with Crippen molar-refractivity contribution in [2.45, 2.75) is 35.4 Å². The number of rotatable bonds is 5. The molecule has 116 valence electrons. The minimum Gasteiger partial charge on any atom is -0.352 e. The molecule has 0 radical (unpaired) electrons. The number of nitrogens with zero attached hydrogens (tertiary/aromatic N) is 1. The van der Waals surface area contributed by atoms with Crippen LogP contribution in [0.1, 0.15) is 19.8 Å². The maximum atomic E-state index is 12.5. The number of carbonyl (C=O) groups is 1. The van der Waals surface area contributed by atoms with Gasteiger partial charge in [0.05, 0.1) is 5.69 Å². The molecule has 1 aliphatic carbocycles. The number of sulfone groups is 1. The van der Waals surface area contributed by atoms with Crippen LogP contribution in [0.4, 0.5) is 0 Å². The Morgan fingerprint density at radius 3 is 2.64 bits per heavy atom. The maximum absolute atomic E-state index is 12.5. The van der Waals surface area contributed by atoms with Crippen molar-refractivity contribution >= 4 is 27.1 Å². The highest BCUT2D eigenvalue weighted by Crippen LogP contribution is 2.27. The molecule has 0 spiro atoms. The van der Waals surface area contributed by atoms with Crippen LogP contribution in [0.15, 0.2) is 40.1 Å². The summed E-state index contributed by atoms with van der Waals surface area (Å²) in [4.78, 5) is 16.2. The predicted molar refractivity (Wildman–Crippen MR) is 85.4 cm³/mol. The fourth-order valence-corrected chi connectivity index (χ4v) is 4.51. The van der Waals surface area contributed by atoms with Gasteiger partial charge in [0, 0.05) is 17.0 Å². The Bertz CT molecular complexity index is 780. The lowest BCUT2D eigenvalue weighted by molar-refractivity contribution is -0.120. The third-order valence-corrected chi connectivity index (χ3v) is 6.90. The highest BCUT2D eigenvalue weighted by Gasteiger charge is 2.35. The second-order valence-corrected chi connectivity index (χ2v) is 8.64. The summed E-state index contributed by atoms with van der Waals surface area (Å²) < 4.78 is 25.0. The fourth-order valence-electron chi connectivity index (χ4n) is 1.97. The van der Waals surface area contributed by atoms with Gasteiger partial charge in [0.2, 0.25) is 20.1 Å². The summed E-state index contributed by atoms with van der Waals surface area (Å²) in [7, 11) is -3.75. The van der Waals surface area contributed by atoms with Gasteiger partial charge in [0.1, 0.15) is 5.25 Å². The zero-order valence-electron chi connectivity index (χ0n) is 12.0. The minimum absolute atomic E-state index is 0.00944. The molecule has 1 aliphatic rings. The summed E-state index contributed by atoms with van der Waals surface area (Å²) in [5, 5.41) is 3.31. The quantitative estimate of drug-likeness (QED) is 0.908. The first-order valence-electron chi connectivity index (χ1n) is 7.03. The molecule has 1 atom stereocenters. The van der Waals surface area contributed by atoms with Crippen molar-refractivity contribution in [2.24, 2.45) is 0 Å². The number of hydrogen-bond donors (Lipinski definition) is 1. The minimum atomic E-state index is -3.75. The van der Waals surface area contributed by atoms with Gasteiger partial charge in [-0.2, -0.15) is 0 Å². The predicted octanol–water partition coefficient (Wildman–Crippen LogP) is 2.25. The average molecular weight is 336 g/mol. The molecule has 0 aliphatic heterocycles. The number of hydrogen-bond acceptors (Lipinski definition) is 5. The monoisotopic (exact) mass is 336 g/mol. The van der Waals surface area contributed by atoms with E-state index in [0.29, 0.717) is 5.69 Å². The lowest BCUT2D eigenvalue weighted by Gasteiger charge is -2.10. The largest absolute Gasteiger partial charge is 0.352 e. The summed E-state index contributed by atoms with van der Waals surface area (Å²) in [6.45, 7) is 1.41. The van der Waals surface area contributed by atoms with Crippen LogP contribution in [0.2, 0.25) is 0 Å². The highest BCUT2D eigenvalue weighted by atomic mass is 32.2. The second kappa shape index (κ2) is 5.81.